The molecule has 1 aromatic rings. The molecule has 0 heterocycles. The molecule has 136 valence electrons. The smallest absolute Gasteiger partial charge is 0.270 e. The second kappa shape index (κ2) is 8.38. The standard InChI is InChI=1S/C13H20N4O5S.ClH/c1-13(2,14)9-15-12(18)8-16(3)23(21,22)11-6-4-5-10(7-11)17(19)20;/h4-7H,8-9,14H2,1-3H3,(H,15,18);1H. The van der Waals surface area contributed by atoms with Crippen molar-refractivity contribution >= 4 is 34.0 Å². The first-order chi connectivity index (χ1) is 10.4. The maximum absolute atomic E-state index is 12.3. The molecule has 0 aliphatic heterocycles. The van der Waals surface area contributed by atoms with E-state index in [4.69, 9.17) is 5.73 Å². The first-order valence-electron chi connectivity index (χ1n) is 6.70. The zero-order valence-corrected chi connectivity index (χ0v) is 15.2. The van der Waals surface area contributed by atoms with Crippen molar-refractivity contribution < 1.29 is 18.1 Å². The summed E-state index contributed by atoms with van der Waals surface area (Å²) in [5.41, 5.74) is 4.77. The number of nitro benzene ring substituents is 1. The number of amides is 1. The highest BCUT2D eigenvalue weighted by Crippen LogP contribution is 2.19. The molecule has 0 bridgehead atoms. The van der Waals surface area contributed by atoms with Gasteiger partial charge in [0.25, 0.3) is 5.69 Å². The molecule has 0 fully saturated rings. The number of nitro groups is 1. The van der Waals surface area contributed by atoms with Crippen molar-refractivity contribution in [2.24, 2.45) is 5.73 Å². The van der Waals surface area contributed by atoms with E-state index in [9.17, 15) is 23.3 Å². The van der Waals surface area contributed by atoms with Crippen LogP contribution < -0.4 is 11.1 Å². The molecule has 1 rings (SSSR count). The Morgan fingerprint density at radius 2 is 2.00 bits per heavy atom. The summed E-state index contributed by atoms with van der Waals surface area (Å²) in [6.07, 6.45) is 0. The van der Waals surface area contributed by atoms with Gasteiger partial charge in [0.2, 0.25) is 15.9 Å². The van der Waals surface area contributed by atoms with Crippen LogP contribution >= 0.6 is 12.4 Å². The molecule has 3 N–H and O–H groups in total. The molecule has 1 aromatic carbocycles. The normalized spacial score (nSPS) is 11.7. The Morgan fingerprint density at radius 3 is 2.50 bits per heavy atom. The maximum atomic E-state index is 12.3. The van der Waals surface area contributed by atoms with Crippen LogP contribution in [0, 0.1) is 10.1 Å². The number of carbonyl (C=O) groups excluding carboxylic acids is 1. The maximum Gasteiger partial charge on any atom is 0.270 e. The number of benzene rings is 1. The molecular weight excluding hydrogens is 360 g/mol. The number of non-ortho nitro benzene ring substituents is 1. The third-order valence-electron chi connectivity index (χ3n) is 2.84. The zero-order chi connectivity index (χ0) is 17.8. The van der Waals surface area contributed by atoms with Gasteiger partial charge in [0, 0.05) is 31.3 Å². The molecule has 0 unspecified atom stereocenters. The average Bonchev–Trinajstić information content (AvgIpc) is 2.44. The number of nitrogens with two attached hydrogens (primary N) is 1. The first-order valence-corrected chi connectivity index (χ1v) is 8.14. The van der Waals surface area contributed by atoms with E-state index in [0.717, 1.165) is 10.4 Å². The summed E-state index contributed by atoms with van der Waals surface area (Å²) in [6.45, 7) is 3.21. The fourth-order valence-electron chi connectivity index (χ4n) is 1.61. The Labute approximate surface area is 146 Å². The van der Waals surface area contributed by atoms with Gasteiger partial charge in [-0.25, -0.2) is 8.42 Å². The summed E-state index contributed by atoms with van der Waals surface area (Å²) in [4.78, 5) is 21.6. The van der Waals surface area contributed by atoms with Gasteiger partial charge in [-0.1, -0.05) is 6.07 Å². The van der Waals surface area contributed by atoms with Crippen LogP contribution in [0.2, 0.25) is 0 Å². The van der Waals surface area contributed by atoms with Crippen molar-refractivity contribution in [3.8, 4) is 0 Å². The van der Waals surface area contributed by atoms with E-state index in [2.05, 4.69) is 5.32 Å². The highest BCUT2D eigenvalue weighted by atomic mass is 35.5. The second-order valence-corrected chi connectivity index (χ2v) is 7.83. The van der Waals surface area contributed by atoms with E-state index in [1.165, 1.54) is 25.2 Å². The third kappa shape index (κ3) is 6.40. The quantitative estimate of drug-likeness (QED) is 0.522. The molecule has 0 radical (unpaired) electrons. The van der Waals surface area contributed by atoms with E-state index in [1.807, 2.05) is 0 Å². The highest BCUT2D eigenvalue weighted by molar-refractivity contribution is 7.89. The van der Waals surface area contributed by atoms with Gasteiger partial charge in [0.1, 0.15) is 0 Å². The van der Waals surface area contributed by atoms with E-state index < -0.39 is 32.9 Å². The van der Waals surface area contributed by atoms with Crippen LogP contribution in [0.1, 0.15) is 13.8 Å². The van der Waals surface area contributed by atoms with Crippen LogP contribution in [-0.4, -0.2) is 49.2 Å². The van der Waals surface area contributed by atoms with Crippen LogP contribution in [0.5, 0.6) is 0 Å². The fourth-order valence-corrected chi connectivity index (χ4v) is 2.77. The van der Waals surface area contributed by atoms with Gasteiger partial charge in [0.05, 0.1) is 16.4 Å². The monoisotopic (exact) mass is 380 g/mol. The van der Waals surface area contributed by atoms with E-state index in [-0.39, 0.29) is 29.5 Å². The lowest BCUT2D eigenvalue weighted by molar-refractivity contribution is -0.385. The second-order valence-electron chi connectivity index (χ2n) is 5.78. The van der Waals surface area contributed by atoms with Gasteiger partial charge in [-0.05, 0) is 19.9 Å². The minimum absolute atomic E-state index is 0. The predicted octanol–water partition coefficient (Wildman–Crippen LogP) is 0.491. The molecular formula is C13H21ClN4O5S. The minimum Gasteiger partial charge on any atom is -0.353 e. The van der Waals surface area contributed by atoms with Gasteiger partial charge in [-0.15, -0.1) is 12.4 Å². The highest BCUT2D eigenvalue weighted by Gasteiger charge is 2.25. The Hall–Kier alpha value is -1.75. The number of halogens is 1. The number of sulfonamides is 1. The lowest BCUT2D eigenvalue weighted by Crippen LogP contribution is -2.47. The Bertz CT molecular complexity index is 703. The van der Waals surface area contributed by atoms with Gasteiger partial charge in [0.15, 0.2) is 0 Å². The molecule has 9 nitrogen and oxygen atoms in total. The van der Waals surface area contributed by atoms with E-state index in [0.29, 0.717) is 0 Å². The summed E-state index contributed by atoms with van der Waals surface area (Å²) in [6, 6.07) is 4.65. The van der Waals surface area contributed by atoms with Crippen molar-refractivity contribution in [2.75, 3.05) is 20.1 Å². The van der Waals surface area contributed by atoms with Gasteiger partial charge >= 0.3 is 0 Å². The van der Waals surface area contributed by atoms with Crippen molar-refractivity contribution in [3.05, 3.63) is 34.4 Å². The molecule has 0 aliphatic rings. The third-order valence-corrected chi connectivity index (χ3v) is 4.64. The Balaban J connectivity index is 0.00000529. The van der Waals surface area contributed by atoms with Gasteiger partial charge in [-0.3, -0.25) is 14.9 Å². The van der Waals surface area contributed by atoms with Crippen LogP contribution in [0.3, 0.4) is 0 Å². The summed E-state index contributed by atoms with van der Waals surface area (Å²) in [7, 11) is -2.78. The molecule has 0 atom stereocenters. The molecule has 0 spiro atoms. The largest absolute Gasteiger partial charge is 0.353 e. The number of likely N-dealkylation sites (N-methyl/N-ethyl adjacent to an activating group) is 1. The number of nitrogens with zero attached hydrogens (tertiary/aromatic N) is 2. The molecule has 0 aliphatic carbocycles. The van der Waals surface area contributed by atoms with Crippen molar-refractivity contribution in [2.45, 2.75) is 24.3 Å². The topological polar surface area (TPSA) is 136 Å². The lowest BCUT2D eigenvalue weighted by atomic mass is 10.1. The van der Waals surface area contributed by atoms with Crippen LogP contribution in [0.4, 0.5) is 5.69 Å². The summed E-state index contributed by atoms with van der Waals surface area (Å²) in [5, 5.41) is 13.3. The fraction of sp³-hybridized carbons (Fsp3) is 0.462. The van der Waals surface area contributed by atoms with Crippen LogP contribution in [0.15, 0.2) is 29.2 Å². The molecule has 24 heavy (non-hydrogen) atoms. The van der Waals surface area contributed by atoms with Crippen LogP contribution in [0.25, 0.3) is 0 Å². The van der Waals surface area contributed by atoms with Gasteiger partial charge < -0.3 is 11.1 Å². The summed E-state index contributed by atoms with van der Waals surface area (Å²) >= 11 is 0. The molecule has 1 amide bonds. The number of rotatable bonds is 7. The average molecular weight is 381 g/mol. The zero-order valence-electron chi connectivity index (χ0n) is 13.6. The number of hydrogen-bond donors (Lipinski definition) is 2. The van der Waals surface area contributed by atoms with E-state index in [1.54, 1.807) is 13.8 Å². The number of nitrogens with one attached hydrogen (secondary N) is 1. The molecule has 11 heteroatoms. The minimum atomic E-state index is -4.01. The number of hydrogen-bond acceptors (Lipinski definition) is 6. The summed E-state index contributed by atoms with van der Waals surface area (Å²) < 4.78 is 25.5. The van der Waals surface area contributed by atoms with Crippen molar-refractivity contribution in [1.29, 1.82) is 0 Å². The predicted molar refractivity (Wildman–Crippen MR) is 91.4 cm³/mol. The van der Waals surface area contributed by atoms with Crippen LogP contribution in [-0.2, 0) is 14.8 Å². The summed E-state index contributed by atoms with van der Waals surface area (Å²) in [5.74, 6) is -0.514. The van der Waals surface area contributed by atoms with Gasteiger partial charge in [-0.2, -0.15) is 4.31 Å². The van der Waals surface area contributed by atoms with Crippen molar-refractivity contribution in [3.63, 3.8) is 0 Å². The Kier molecular flexibility index (Phi) is 7.77. The molecule has 0 saturated heterocycles. The Morgan fingerprint density at radius 1 is 1.42 bits per heavy atom. The first kappa shape index (κ1) is 22.2. The van der Waals surface area contributed by atoms with Crippen molar-refractivity contribution in [1.82, 2.24) is 9.62 Å². The van der Waals surface area contributed by atoms with E-state index >= 15 is 0 Å². The SMILES string of the molecule is CN(CC(=O)NCC(C)(C)N)S(=O)(=O)c1cccc([N+](=O)[O-])c1.Cl. The molecule has 0 saturated carbocycles. The number of carbonyl (C=O) groups is 1. The molecule has 0 aromatic heterocycles. The lowest BCUT2D eigenvalue weighted by Gasteiger charge is -2.21.